The van der Waals surface area contributed by atoms with Gasteiger partial charge in [-0.2, -0.15) is 0 Å². The van der Waals surface area contributed by atoms with Gasteiger partial charge in [-0.05, 0) is 54.5 Å². The lowest BCUT2D eigenvalue weighted by molar-refractivity contribution is 0.0932. The Morgan fingerprint density at radius 3 is 2.70 bits per heavy atom. The highest BCUT2D eigenvalue weighted by Crippen LogP contribution is 2.29. The molecule has 0 fully saturated rings. The van der Waals surface area contributed by atoms with Gasteiger partial charge in [0.2, 0.25) is 10.0 Å². The molecule has 0 aliphatic heterocycles. The highest BCUT2D eigenvalue weighted by Gasteiger charge is 2.23. The van der Waals surface area contributed by atoms with Gasteiger partial charge in [0.15, 0.2) is 0 Å². The Hall–Kier alpha value is -2.18. The number of carbonyl (C=O) groups is 1. The van der Waals surface area contributed by atoms with Crippen LogP contribution in [0.4, 0.5) is 0 Å². The lowest BCUT2D eigenvalue weighted by atomic mass is 9.87. The number of sulfonamides is 1. The van der Waals surface area contributed by atoms with Gasteiger partial charge in [0.05, 0.1) is 10.9 Å². The highest BCUT2D eigenvalue weighted by atomic mass is 32.2. The van der Waals surface area contributed by atoms with Gasteiger partial charge in [-0.1, -0.05) is 44.2 Å². The molecule has 0 saturated carbocycles. The summed E-state index contributed by atoms with van der Waals surface area (Å²) in [5, 5.41) is 3.07. The van der Waals surface area contributed by atoms with Crippen molar-refractivity contribution in [2.45, 2.75) is 44.0 Å². The van der Waals surface area contributed by atoms with Crippen molar-refractivity contribution in [3.8, 4) is 0 Å². The van der Waals surface area contributed by atoms with Crippen molar-refractivity contribution < 1.29 is 13.2 Å². The number of nitrogens with one attached hydrogen (secondary N) is 2. The molecule has 0 heterocycles. The van der Waals surface area contributed by atoms with E-state index < -0.39 is 10.0 Å². The van der Waals surface area contributed by atoms with Crippen molar-refractivity contribution in [3.05, 3.63) is 65.2 Å². The predicted molar refractivity (Wildman–Crippen MR) is 106 cm³/mol. The fourth-order valence-corrected chi connectivity index (χ4v) is 4.57. The zero-order valence-corrected chi connectivity index (χ0v) is 16.6. The third-order valence-electron chi connectivity index (χ3n) is 4.76. The van der Waals surface area contributed by atoms with Crippen molar-refractivity contribution in [2.24, 2.45) is 5.92 Å². The summed E-state index contributed by atoms with van der Waals surface area (Å²) in [6, 6.07) is 14.3. The van der Waals surface area contributed by atoms with Crippen molar-refractivity contribution in [1.29, 1.82) is 0 Å². The van der Waals surface area contributed by atoms with Gasteiger partial charge in [0.1, 0.15) is 0 Å². The van der Waals surface area contributed by atoms with Crippen LogP contribution in [0.1, 0.15) is 54.2 Å². The van der Waals surface area contributed by atoms with Gasteiger partial charge in [-0.15, -0.1) is 0 Å². The summed E-state index contributed by atoms with van der Waals surface area (Å²) in [6.45, 7) is 4.24. The average Bonchev–Trinajstić information content (AvgIpc) is 2.67. The van der Waals surface area contributed by atoms with Crippen LogP contribution in [0.2, 0.25) is 0 Å². The second-order valence-electron chi connectivity index (χ2n) is 7.39. The molecule has 2 aromatic carbocycles. The Balaban J connectivity index is 1.77. The molecule has 5 nitrogen and oxygen atoms in total. The van der Waals surface area contributed by atoms with Gasteiger partial charge < -0.3 is 5.32 Å². The van der Waals surface area contributed by atoms with Crippen molar-refractivity contribution in [3.63, 3.8) is 0 Å². The standard InChI is InChI=1S/C21H26N2O3S/c1-15(2)14-22-27(25,26)18-10-5-9-17(13-18)21(24)23-20-12-6-8-16-7-3-4-11-19(16)20/h3-5,7,9-11,13,15,20,22H,6,8,12,14H2,1-2H3,(H,23,24). The zero-order valence-electron chi connectivity index (χ0n) is 15.7. The minimum atomic E-state index is -3.62. The van der Waals surface area contributed by atoms with E-state index in [1.165, 1.54) is 17.7 Å². The molecule has 0 radical (unpaired) electrons. The van der Waals surface area contributed by atoms with Gasteiger partial charge in [-0.25, -0.2) is 13.1 Å². The van der Waals surface area contributed by atoms with Crippen molar-refractivity contribution in [2.75, 3.05) is 6.54 Å². The third-order valence-corrected chi connectivity index (χ3v) is 6.18. The van der Waals surface area contributed by atoms with Crippen LogP contribution < -0.4 is 10.0 Å². The van der Waals surface area contributed by atoms with Crippen LogP contribution in [0.5, 0.6) is 0 Å². The molecule has 0 aromatic heterocycles. The molecule has 1 amide bonds. The Kier molecular flexibility index (Phi) is 5.97. The largest absolute Gasteiger partial charge is 0.345 e. The minimum absolute atomic E-state index is 0.0400. The first-order chi connectivity index (χ1) is 12.9. The Labute approximate surface area is 161 Å². The molecule has 1 aliphatic rings. The average molecular weight is 387 g/mol. The zero-order chi connectivity index (χ0) is 19.4. The van der Waals surface area contributed by atoms with E-state index in [2.05, 4.69) is 22.2 Å². The van der Waals surface area contributed by atoms with Crippen LogP contribution in [-0.4, -0.2) is 20.9 Å². The normalized spacial score (nSPS) is 16.8. The molecule has 27 heavy (non-hydrogen) atoms. The summed E-state index contributed by atoms with van der Waals surface area (Å²) in [6.07, 6.45) is 2.93. The van der Waals surface area contributed by atoms with Crippen molar-refractivity contribution in [1.82, 2.24) is 10.0 Å². The molecule has 6 heteroatoms. The van der Waals surface area contributed by atoms with E-state index in [-0.39, 0.29) is 22.8 Å². The lowest BCUT2D eigenvalue weighted by Crippen LogP contribution is -2.31. The number of fused-ring (bicyclic) bond motifs is 1. The molecule has 144 valence electrons. The Morgan fingerprint density at radius 1 is 1.15 bits per heavy atom. The van der Waals surface area contributed by atoms with Gasteiger partial charge in [-0.3, -0.25) is 4.79 Å². The molecule has 3 rings (SSSR count). The third kappa shape index (κ3) is 4.76. The molecule has 0 bridgehead atoms. The number of aryl methyl sites for hydroxylation is 1. The van der Waals surface area contributed by atoms with E-state index in [0.29, 0.717) is 12.1 Å². The number of benzene rings is 2. The summed E-state index contributed by atoms with van der Waals surface area (Å²) in [5.41, 5.74) is 2.77. The first-order valence-electron chi connectivity index (χ1n) is 9.35. The number of hydrogen-bond acceptors (Lipinski definition) is 3. The Bertz CT molecular complexity index is 923. The molecule has 2 N–H and O–H groups in total. The van der Waals surface area contributed by atoms with Gasteiger partial charge in [0, 0.05) is 12.1 Å². The second-order valence-corrected chi connectivity index (χ2v) is 9.16. The van der Waals surface area contributed by atoms with E-state index in [0.717, 1.165) is 24.8 Å². The molecular weight excluding hydrogens is 360 g/mol. The number of carbonyl (C=O) groups excluding carboxylic acids is 1. The van der Waals surface area contributed by atoms with Gasteiger partial charge >= 0.3 is 0 Å². The molecular formula is C21H26N2O3S. The van der Waals surface area contributed by atoms with E-state index in [1.807, 2.05) is 26.0 Å². The number of rotatable bonds is 6. The van der Waals surface area contributed by atoms with E-state index in [1.54, 1.807) is 12.1 Å². The fourth-order valence-electron chi connectivity index (χ4n) is 3.31. The Morgan fingerprint density at radius 2 is 1.93 bits per heavy atom. The summed E-state index contributed by atoms with van der Waals surface area (Å²) >= 11 is 0. The molecule has 2 aromatic rings. The maximum absolute atomic E-state index is 12.7. The molecule has 0 saturated heterocycles. The van der Waals surface area contributed by atoms with Gasteiger partial charge in [0.25, 0.3) is 5.91 Å². The summed E-state index contributed by atoms with van der Waals surface area (Å²) < 4.78 is 27.4. The summed E-state index contributed by atoms with van der Waals surface area (Å²) in [7, 11) is -3.62. The smallest absolute Gasteiger partial charge is 0.251 e. The summed E-state index contributed by atoms with van der Waals surface area (Å²) in [5.74, 6) is -0.0461. The van der Waals surface area contributed by atoms with Crippen LogP contribution in [0.25, 0.3) is 0 Å². The lowest BCUT2D eigenvalue weighted by Gasteiger charge is -2.26. The van der Waals surface area contributed by atoms with E-state index in [9.17, 15) is 13.2 Å². The maximum Gasteiger partial charge on any atom is 0.251 e. The quantitative estimate of drug-likeness (QED) is 0.799. The van der Waals surface area contributed by atoms with Crippen LogP contribution in [-0.2, 0) is 16.4 Å². The molecule has 1 unspecified atom stereocenters. The topological polar surface area (TPSA) is 75.3 Å². The monoisotopic (exact) mass is 386 g/mol. The minimum Gasteiger partial charge on any atom is -0.345 e. The second kappa shape index (κ2) is 8.23. The maximum atomic E-state index is 12.7. The van der Waals surface area contributed by atoms with E-state index >= 15 is 0 Å². The molecule has 1 atom stereocenters. The first-order valence-corrected chi connectivity index (χ1v) is 10.8. The highest BCUT2D eigenvalue weighted by molar-refractivity contribution is 7.89. The van der Waals surface area contributed by atoms with E-state index in [4.69, 9.17) is 0 Å². The molecule has 1 aliphatic carbocycles. The van der Waals surface area contributed by atoms with Crippen LogP contribution in [0.3, 0.4) is 0 Å². The van der Waals surface area contributed by atoms with Crippen LogP contribution >= 0.6 is 0 Å². The predicted octanol–water partition coefficient (Wildman–Crippen LogP) is 3.43. The van der Waals surface area contributed by atoms with Crippen LogP contribution in [0.15, 0.2) is 53.4 Å². The fraction of sp³-hybridized carbons (Fsp3) is 0.381. The summed E-state index contributed by atoms with van der Waals surface area (Å²) in [4.78, 5) is 12.9. The number of hydrogen-bond donors (Lipinski definition) is 2. The molecule has 0 spiro atoms. The number of amides is 1. The van der Waals surface area contributed by atoms with Crippen LogP contribution in [0, 0.1) is 5.92 Å². The SMILES string of the molecule is CC(C)CNS(=O)(=O)c1cccc(C(=O)NC2CCCc3ccccc32)c1. The van der Waals surface area contributed by atoms with Crippen molar-refractivity contribution >= 4 is 15.9 Å². The first kappa shape index (κ1) is 19.6.